The van der Waals surface area contributed by atoms with Crippen molar-refractivity contribution in [1.82, 2.24) is 14.5 Å². The van der Waals surface area contributed by atoms with E-state index in [0.717, 1.165) is 27.7 Å². The van der Waals surface area contributed by atoms with E-state index in [9.17, 15) is 4.79 Å². The van der Waals surface area contributed by atoms with Crippen LogP contribution in [-0.4, -0.2) is 21.6 Å². The quantitative estimate of drug-likeness (QED) is 0.806. The molecule has 5 heteroatoms. The average Bonchev–Trinajstić information content (AvgIpc) is 2.58. The van der Waals surface area contributed by atoms with Gasteiger partial charge in [0.1, 0.15) is 5.52 Å². The molecule has 2 heterocycles. The monoisotopic (exact) mass is 294 g/mol. The molecule has 0 radical (unpaired) electrons. The molecule has 0 spiro atoms. The highest BCUT2D eigenvalue weighted by Gasteiger charge is 2.17. The van der Waals surface area contributed by atoms with Crippen LogP contribution in [-0.2, 0) is 13.5 Å². The van der Waals surface area contributed by atoms with Gasteiger partial charge in [-0.3, -0.25) is 4.79 Å². The Morgan fingerprint density at radius 2 is 1.95 bits per heavy atom. The van der Waals surface area contributed by atoms with Crippen LogP contribution >= 0.6 is 0 Å². The highest BCUT2D eigenvalue weighted by molar-refractivity contribution is 5.93. The molecule has 0 aliphatic rings. The molecule has 0 atom stereocenters. The fourth-order valence-electron chi connectivity index (χ4n) is 2.73. The molecule has 112 valence electrons. The van der Waals surface area contributed by atoms with Gasteiger partial charge in [-0.15, -0.1) is 0 Å². The van der Waals surface area contributed by atoms with E-state index >= 15 is 0 Å². The molecule has 0 saturated heterocycles. The van der Waals surface area contributed by atoms with E-state index in [2.05, 4.69) is 15.3 Å². The van der Waals surface area contributed by atoms with Gasteiger partial charge in [0.15, 0.2) is 0 Å². The van der Waals surface area contributed by atoms with Gasteiger partial charge < -0.3 is 9.88 Å². The number of aryl methyl sites for hydroxylation is 1. The molecule has 1 N–H and O–H groups in total. The Labute approximate surface area is 128 Å². The van der Waals surface area contributed by atoms with Crippen molar-refractivity contribution >= 4 is 17.0 Å². The third-order valence-electron chi connectivity index (χ3n) is 3.87. The number of anilines is 1. The van der Waals surface area contributed by atoms with Crippen LogP contribution in [0.1, 0.15) is 12.5 Å². The first-order chi connectivity index (χ1) is 10.7. The van der Waals surface area contributed by atoms with Crippen LogP contribution in [0.25, 0.3) is 22.2 Å². The summed E-state index contributed by atoms with van der Waals surface area (Å²) in [6.45, 7) is 2.00. The molecule has 0 amide bonds. The number of pyridine rings is 1. The highest BCUT2D eigenvalue weighted by atomic mass is 16.1. The van der Waals surface area contributed by atoms with Crippen molar-refractivity contribution in [3.05, 3.63) is 52.4 Å². The summed E-state index contributed by atoms with van der Waals surface area (Å²) in [5, 5.41) is 2.96. The van der Waals surface area contributed by atoms with Gasteiger partial charge in [0.2, 0.25) is 5.95 Å². The summed E-state index contributed by atoms with van der Waals surface area (Å²) in [5.41, 5.74) is 4.23. The van der Waals surface area contributed by atoms with E-state index in [0.29, 0.717) is 12.4 Å². The normalized spacial score (nSPS) is 10.9. The summed E-state index contributed by atoms with van der Waals surface area (Å²) in [4.78, 5) is 21.5. The number of benzene rings is 1. The first-order valence-electron chi connectivity index (χ1n) is 7.29. The maximum atomic E-state index is 12.7. The second kappa shape index (κ2) is 5.60. The van der Waals surface area contributed by atoms with Crippen molar-refractivity contribution < 1.29 is 0 Å². The van der Waals surface area contributed by atoms with Gasteiger partial charge in [0.05, 0.1) is 11.7 Å². The van der Waals surface area contributed by atoms with Crippen LogP contribution in [0.2, 0.25) is 0 Å². The van der Waals surface area contributed by atoms with E-state index in [4.69, 9.17) is 0 Å². The number of hydrogen-bond acceptors (Lipinski definition) is 4. The van der Waals surface area contributed by atoms with E-state index < -0.39 is 0 Å². The van der Waals surface area contributed by atoms with E-state index in [1.54, 1.807) is 24.9 Å². The average molecular weight is 294 g/mol. The molecule has 0 saturated carbocycles. The van der Waals surface area contributed by atoms with E-state index in [1.165, 1.54) is 0 Å². The summed E-state index contributed by atoms with van der Waals surface area (Å²) in [7, 11) is 3.55. The first kappa shape index (κ1) is 14.3. The summed E-state index contributed by atoms with van der Waals surface area (Å²) < 4.78 is 1.63. The first-order valence-corrected chi connectivity index (χ1v) is 7.29. The number of nitrogens with one attached hydrogen (secondary N) is 1. The maximum absolute atomic E-state index is 12.7. The topological polar surface area (TPSA) is 59.8 Å². The zero-order valence-electron chi connectivity index (χ0n) is 12.9. The number of fused-ring (bicyclic) bond motifs is 1. The van der Waals surface area contributed by atoms with Gasteiger partial charge in [-0.05, 0) is 12.0 Å². The van der Waals surface area contributed by atoms with Gasteiger partial charge in [-0.1, -0.05) is 37.3 Å². The molecule has 22 heavy (non-hydrogen) atoms. The zero-order valence-corrected chi connectivity index (χ0v) is 12.9. The minimum Gasteiger partial charge on any atom is -0.357 e. The van der Waals surface area contributed by atoms with Crippen molar-refractivity contribution in [2.24, 2.45) is 7.05 Å². The van der Waals surface area contributed by atoms with Crippen LogP contribution in [0.3, 0.4) is 0 Å². The predicted molar refractivity (Wildman–Crippen MR) is 89.1 cm³/mol. The summed E-state index contributed by atoms with van der Waals surface area (Å²) in [6.07, 6.45) is 2.35. The molecule has 0 unspecified atom stereocenters. The number of nitrogens with zero attached hydrogens (tertiary/aromatic N) is 3. The lowest BCUT2D eigenvalue weighted by Gasteiger charge is -2.14. The highest BCUT2D eigenvalue weighted by Crippen LogP contribution is 2.29. The Balaban J connectivity index is 2.51. The molecular weight excluding hydrogens is 276 g/mol. The summed E-state index contributed by atoms with van der Waals surface area (Å²) in [5.74, 6) is 0.547. The van der Waals surface area contributed by atoms with E-state index in [1.807, 2.05) is 37.3 Å². The maximum Gasteiger partial charge on any atom is 0.254 e. The van der Waals surface area contributed by atoms with Crippen molar-refractivity contribution in [3.8, 4) is 11.1 Å². The van der Waals surface area contributed by atoms with Crippen LogP contribution in [0.5, 0.6) is 0 Å². The van der Waals surface area contributed by atoms with Crippen molar-refractivity contribution in [3.63, 3.8) is 0 Å². The Kier molecular flexibility index (Phi) is 3.63. The molecule has 3 aromatic rings. The summed E-state index contributed by atoms with van der Waals surface area (Å²) in [6, 6.07) is 9.92. The zero-order chi connectivity index (χ0) is 15.7. The van der Waals surface area contributed by atoms with Gasteiger partial charge >= 0.3 is 0 Å². The Bertz CT molecular complexity index is 885. The van der Waals surface area contributed by atoms with Gasteiger partial charge in [0.25, 0.3) is 5.56 Å². The molecule has 3 rings (SSSR count). The third-order valence-corrected chi connectivity index (χ3v) is 3.87. The van der Waals surface area contributed by atoms with Crippen molar-refractivity contribution in [1.29, 1.82) is 0 Å². The largest absolute Gasteiger partial charge is 0.357 e. The minimum atomic E-state index is 0.00895. The Hall–Kier alpha value is -2.69. The minimum absolute atomic E-state index is 0.00895. The molecular formula is C17H18N4O. The number of aromatic nitrogens is 3. The standard InChI is InChI=1S/C17H18N4O/c1-4-12-14(11-8-6-5-7-9-11)15-13(21(3)16(12)22)10-19-17(18-2)20-15/h5-10H,4H2,1-3H3,(H,18,19,20). The lowest BCUT2D eigenvalue weighted by atomic mass is 9.98. The van der Waals surface area contributed by atoms with Crippen LogP contribution < -0.4 is 10.9 Å². The fraction of sp³-hybridized carbons (Fsp3) is 0.235. The van der Waals surface area contributed by atoms with Crippen molar-refractivity contribution in [2.45, 2.75) is 13.3 Å². The number of hydrogen-bond donors (Lipinski definition) is 1. The predicted octanol–water partition coefficient (Wildman–Crippen LogP) is 2.60. The molecule has 1 aromatic carbocycles. The van der Waals surface area contributed by atoms with E-state index in [-0.39, 0.29) is 5.56 Å². The third kappa shape index (κ3) is 2.15. The second-order valence-corrected chi connectivity index (χ2v) is 5.11. The fourth-order valence-corrected chi connectivity index (χ4v) is 2.73. The Morgan fingerprint density at radius 1 is 1.23 bits per heavy atom. The van der Waals surface area contributed by atoms with Gasteiger partial charge in [-0.25, -0.2) is 9.97 Å². The Morgan fingerprint density at radius 3 is 2.59 bits per heavy atom. The van der Waals surface area contributed by atoms with Gasteiger partial charge in [-0.2, -0.15) is 0 Å². The molecule has 0 fully saturated rings. The number of rotatable bonds is 3. The second-order valence-electron chi connectivity index (χ2n) is 5.11. The molecule has 0 aliphatic heterocycles. The summed E-state index contributed by atoms with van der Waals surface area (Å²) >= 11 is 0. The SMILES string of the molecule is CCc1c(-c2ccccc2)c2nc(NC)ncc2n(C)c1=O. The molecule has 0 aliphatic carbocycles. The lowest BCUT2D eigenvalue weighted by Crippen LogP contribution is -2.23. The van der Waals surface area contributed by atoms with Crippen LogP contribution in [0.15, 0.2) is 41.3 Å². The molecule has 2 aromatic heterocycles. The van der Waals surface area contributed by atoms with Crippen LogP contribution in [0.4, 0.5) is 5.95 Å². The van der Waals surface area contributed by atoms with Gasteiger partial charge in [0, 0.05) is 25.2 Å². The van der Waals surface area contributed by atoms with Crippen LogP contribution in [0, 0.1) is 0 Å². The lowest BCUT2D eigenvalue weighted by molar-refractivity contribution is 0.871. The molecule has 5 nitrogen and oxygen atoms in total. The smallest absolute Gasteiger partial charge is 0.254 e. The molecule has 0 bridgehead atoms. The van der Waals surface area contributed by atoms with Crippen molar-refractivity contribution in [2.75, 3.05) is 12.4 Å².